The summed E-state index contributed by atoms with van der Waals surface area (Å²) in [7, 11) is 0. The Kier molecular flexibility index (Phi) is 4.65. The van der Waals surface area contributed by atoms with E-state index >= 15 is 0 Å². The fourth-order valence-corrected chi connectivity index (χ4v) is 2.56. The van der Waals surface area contributed by atoms with Crippen LogP contribution in [0.3, 0.4) is 0 Å². The van der Waals surface area contributed by atoms with Crippen LogP contribution in [-0.2, 0) is 4.74 Å². The third kappa shape index (κ3) is 3.61. The second-order valence-electron chi connectivity index (χ2n) is 4.81. The van der Waals surface area contributed by atoms with Crippen molar-refractivity contribution in [2.24, 2.45) is 0 Å². The molecule has 1 amide bonds. The number of nitrogens with one attached hydrogen (secondary N) is 1. The average molecular weight is 363 g/mol. The Morgan fingerprint density at radius 1 is 1.27 bits per heavy atom. The molecule has 0 saturated carbocycles. The number of hydrogen-bond donors (Lipinski definition) is 1. The van der Waals surface area contributed by atoms with Gasteiger partial charge in [-0.2, -0.15) is 0 Å². The van der Waals surface area contributed by atoms with Crippen molar-refractivity contribution >= 4 is 33.5 Å². The maximum Gasteiger partial charge on any atom is 0.272 e. The molecule has 0 radical (unpaired) electrons. The number of anilines is 2. The number of aromatic nitrogens is 2. The minimum atomic E-state index is -0.0945. The molecule has 1 aliphatic heterocycles. The molecule has 0 atom stereocenters. The van der Waals surface area contributed by atoms with E-state index in [9.17, 15) is 4.79 Å². The lowest BCUT2D eigenvalue weighted by Gasteiger charge is -2.26. The minimum Gasteiger partial charge on any atom is -0.378 e. The Morgan fingerprint density at radius 3 is 2.86 bits per heavy atom. The molecule has 1 aliphatic rings. The highest BCUT2D eigenvalue weighted by Crippen LogP contribution is 2.18. The Morgan fingerprint density at radius 2 is 2.09 bits per heavy atom. The zero-order chi connectivity index (χ0) is 15.4. The van der Waals surface area contributed by atoms with Gasteiger partial charge in [-0.15, -0.1) is 0 Å². The van der Waals surface area contributed by atoms with Gasteiger partial charge in [0.05, 0.1) is 13.2 Å². The maximum atomic E-state index is 12.4. The van der Waals surface area contributed by atoms with Crippen LogP contribution in [0, 0.1) is 0 Å². The number of nitrogens with zero attached hydrogens (tertiary/aromatic N) is 3. The fourth-order valence-electron chi connectivity index (χ4n) is 2.16. The van der Waals surface area contributed by atoms with Crippen molar-refractivity contribution in [3.63, 3.8) is 0 Å². The van der Waals surface area contributed by atoms with Gasteiger partial charge in [0.25, 0.3) is 5.91 Å². The predicted octanol–water partition coefficient (Wildman–Crippen LogP) is 2.46. The molecule has 3 rings (SSSR count). The number of amides is 1. The number of ether oxygens (including phenoxy) is 1. The molecule has 22 heavy (non-hydrogen) atoms. The molecule has 1 aromatic carbocycles. The van der Waals surface area contributed by atoms with Crippen LogP contribution in [-0.4, -0.2) is 47.1 Å². The number of carbonyl (C=O) groups is 1. The van der Waals surface area contributed by atoms with E-state index in [-0.39, 0.29) is 5.91 Å². The first-order chi connectivity index (χ1) is 10.7. The molecule has 114 valence electrons. The zero-order valence-corrected chi connectivity index (χ0v) is 13.4. The zero-order valence-electron chi connectivity index (χ0n) is 11.8. The first kappa shape index (κ1) is 14.9. The lowest BCUT2D eigenvalue weighted by Crippen LogP contribution is -2.41. The molecule has 1 N–H and O–H groups in total. The van der Waals surface area contributed by atoms with Gasteiger partial charge in [0.15, 0.2) is 0 Å². The molecular formula is C15H15BrN4O2. The summed E-state index contributed by atoms with van der Waals surface area (Å²) in [5.74, 6) is 0.306. The van der Waals surface area contributed by atoms with E-state index in [2.05, 4.69) is 31.2 Å². The van der Waals surface area contributed by atoms with Gasteiger partial charge in [0.1, 0.15) is 5.69 Å². The van der Waals surface area contributed by atoms with Crippen LogP contribution in [0.4, 0.5) is 11.6 Å². The topological polar surface area (TPSA) is 67.4 Å². The lowest BCUT2D eigenvalue weighted by atomic mass is 10.3. The van der Waals surface area contributed by atoms with Crippen LogP contribution in [0.2, 0.25) is 0 Å². The molecule has 1 aromatic heterocycles. The molecule has 0 spiro atoms. The Balaban J connectivity index is 1.75. The Bertz CT molecular complexity index is 674. The van der Waals surface area contributed by atoms with Crippen LogP contribution in [0.1, 0.15) is 10.5 Å². The van der Waals surface area contributed by atoms with E-state index in [0.717, 1.165) is 10.2 Å². The standard InChI is InChI=1S/C15H15BrN4O2/c16-11-2-1-3-12(10-11)18-15-17-5-4-13(19-15)14(21)20-6-8-22-9-7-20/h1-5,10H,6-9H2,(H,17,18,19). The summed E-state index contributed by atoms with van der Waals surface area (Å²) < 4.78 is 6.21. The lowest BCUT2D eigenvalue weighted by molar-refractivity contribution is 0.0299. The number of rotatable bonds is 3. The smallest absolute Gasteiger partial charge is 0.272 e. The summed E-state index contributed by atoms with van der Waals surface area (Å²) in [6, 6.07) is 9.30. The summed E-state index contributed by atoms with van der Waals surface area (Å²) in [5, 5.41) is 3.10. The summed E-state index contributed by atoms with van der Waals surface area (Å²) in [6.07, 6.45) is 1.58. The monoisotopic (exact) mass is 362 g/mol. The average Bonchev–Trinajstić information content (AvgIpc) is 2.55. The van der Waals surface area contributed by atoms with Crippen LogP contribution < -0.4 is 5.32 Å². The van der Waals surface area contributed by atoms with E-state index in [1.165, 1.54) is 0 Å². The van der Waals surface area contributed by atoms with Crippen molar-refractivity contribution in [1.29, 1.82) is 0 Å². The molecule has 2 aromatic rings. The van der Waals surface area contributed by atoms with E-state index in [1.807, 2.05) is 24.3 Å². The minimum absolute atomic E-state index is 0.0945. The molecule has 0 unspecified atom stereocenters. The SMILES string of the molecule is O=C(c1ccnc(Nc2cccc(Br)c2)n1)N1CCOCC1. The van der Waals surface area contributed by atoms with Crippen molar-refractivity contribution in [2.45, 2.75) is 0 Å². The summed E-state index contributed by atoms with van der Waals surface area (Å²) in [5.41, 5.74) is 1.24. The quantitative estimate of drug-likeness (QED) is 0.908. The molecule has 6 nitrogen and oxygen atoms in total. The van der Waals surface area contributed by atoms with E-state index in [0.29, 0.717) is 37.9 Å². The molecule has 7 heteroatoms. The summed E-state index contributed by atoms with van der Waals surface area (Å²) in [4.78, 5) is 22.6. The largest absolute Gasteiger partial charge is 0.378 e. The highest BCUT2D eigenvalue weighted by Gasteiger charge is 2.20. The Labute approximate surface area is 136 Å². The van der Waals surface area contributed by atoms with Crippen LogP contribution >= 0.6 is 15.9 Å². The van der Waals surface area contributed by atoms with Gasteiger partial charge in [-0.3, -0.25) is 4.79 Å². The van der Waals surface area contributed by atoms with Crippen LogP contribution in [0.15, 0.2) is 41.0 Å². The van der Waals surface area contributed by atoms with Crippen molar-refractivity contribution < 1.29 is 9.53 Å². The van der Waals surface area contributed by atoms with Crippen molar-refractivity contribution in [2.75, 3.05) is 31.6 Å². The van der Waals surface area contributed by atoms with Crippen LogP contribution in [0.25, 0.3) is 0 Å². The normalized spacial score (nSPS) is 14.7. The Hall–Kier alpha value is -1.99. The van der Waals surface area contributed by atoms with Crippen molar-refractivity contribution in [3.8, 4) is 0 Å². The summed E-state index contributed by atoms with van der Waals surface area (Å²) in [6.45, 7) is 2.33. The van der Waals surface area contributed by atoms with Crippen LogP contribution in [0.5, 0.6) is 0 Å². The van der Waals surface area contributed by atoms with Crippen molar-refractivity contribution in [1.82, 2.24) is 14.9 Å². The number of benzene rings is 1. The van der Waals surface area contributed by atoms with Gasteiger partial charge < -0.3 is 15.0 Å². The number of halogens is 1. The maximum absolute atomic E-state index is 12.4. The molecular weight excluding hydrogens is 348 g/mol. The second-order valence-corrected chi connectivity index (χ2v) is 5.72. The third-order valence-electron chi connectivity index (χ3n) is 3.25. The molecule has 0 aliphatic carbocycles. The molecule has 1 fully saturated rings. The van der Waals surface area contributed by atoms with Gasteiger partial charge >= 0.3 is 0 Å². The fraction of sp³-hybridized carbons (Fsp3) is 0.267. The van der Waals surface area contributed by atoms with E-state index in [4.69, 9.17) is 4.74 Å². The molecule has 0 bridgehead atoms. The van der Waals surface area contributed by atoms with Gasteiger partial charge in [-0.05, 0) is 24.3 Å². The molecule has 1 saturated heterocycles. The highest BCUT2D eigenvalue weighted by atomic mass is 79.9. The number of hydrogen-bond acceptors (Lipinski definition) is 5. The van der Waals surface area contributed by atoms with Gasteiger partial charge in [-0.1, -0.05) is 22.0 Å². The van der Waals surface area contributed by atoms with Gasteiger partial charge in [0.2, 0.25) is 5.95 Å². The van der Waals surface area contributed by atoms with Crippen molar-refractivity contribution in [3.05, 3.63) is 46.7 Å². The molecule has 2 heterocycles. The summed E-state index contributed by atoms with van der Waals surface area (Å²) >= 11 is 3.41. The van der Waals surface area contributed by atoms with E-state index < -0.39 is 0 Å². The predicted molar refractivity (Wildman–Crippen MR) is 86.2 cm³/mol. The second kappa shape index (κ2) is 6.85. The first-order valence-electron chi connectivity index (χ1n) is 6.95. The van der Waals surface area contributed by atoms with E-state index in [1.54, 1.807) is 17.2 Å². The first-order valence-corrected chi connectivity index (χ1v) is 7.74. The highest BCUT2D eigenvalue weighted by molar-refractivity contribution is 9.10. The number of morpholine rings is 1. The van der Waals surface area contributed by atoms with Gasteiger partial charge in [0, 0.05) is 29.4 Å². The number of carbonyl (C=O) groups excluding carboxylic acids is 1. The van der Waals surface area contributed by atoms with Gasteiger partial charge in [-0.25, -0.2) is 9.97 Å². The third-order valence-corrected chi connectivity index (χ3v) is 3.75.